The number of amides is 1. The third kappa shape index (κ3) is 2.38. The van der Waals surface area contributed by atoms with Crippen molar-refractivity contribution in [2.75, 3.05) is 19.8 Å². The highest BCUT2D eigenvalue weighted by Crippen LogP contribution is 2.32. The fraction of sp³-hybridized carbons (Fsp3) is 0.917. The maximum atomic E-state index is 12.2. The van der Waals surface area contributed by atoms with Crippen molar-refractivity contribution < 1.29 is 9.53 Å². The van der Waals surface area contributed by atoms with Crippen molar-refractivity contribution in [1.29, 1.82) is 0 Å². The van der Waals surface area contributed by atoms with Crippen LogP contribution in [0.3, 0.4) is 0 Å². The van der Waals surface area contributed by atoms with E-state index in [9.17, 15) is 4.79 Å². The van der Waals surface area contributed by atoms with Crippen LogP contribution < -0.4 is 11.1 Å². The Morgan fingerprint density at radius 1 is 1.56 bits per heavy atom. The Bertz CT molecular complexity index is 262. The lowest BCUT2D eigenvalue weighted by Gasteiger charge is -2.27. The van der Waals surface area contributed by atoms with Crippen molar-refractivity contribution in [1.82, 2.24) is 5.32 Å². The number of hydrogen-bond donors (Lipinski definition) is 2. The molecule has 1 saturated carbocycles. The maximum absolute atomic E-state index is 12.2. The smallest absolute Gasteiger partial charge is 0.223 e. The molecule has 2 fully saturated rings. The zero-order chi connectivity index (χ0) is 11.6. The van der Waals surface area contributed by atoms with Crippen LogP contribution in [0.5, 0.6) is 0 Å². The lowest BCUT2D eigenvalue weighted by molar-refractivity contribution is -0.127. The summed E-state index contributed by atoms with van der Waals surface area (Å²) in [5.74, 6) is 0.689. The molecule has 0 radical (unpaired) electrons. The molecule has 0 aromatic rings. The van der Waals surface area contributed by atoms with E-state index in [0.29, 0.717) is 19.1 Å². The molecule has 0 aromatic carbocycles. The second-order valence-electron chi connectivity index (χ2n) is 5.39. The molecule has 16 heavy (non-hydrogen) atoms. The standard InChI is InChI=1S/C12H22N2O2/c1-12(5-6-16-8-12)14-11(15)10-4-2-3-9(10)7-13/h9-10H,2-8,13H2,1H3,(H,14,15)/t9-,10-,12?/m1/s1. The van der Waals surface area contributed by atoms with Gasteiger partial charge < -0.3 is 15.8 Å². The zero-order valence-electron chi connectivity index (χ0n) is 10.00. The molecule has 92 valence electrons. The third-order valence-electron chi connectivity index (χ3n) is 3.94. The summed E-state index contributed by atoms with van der Waals surface area (Å²) in [6.45, 7) is 4.08. The van der Waals surface area contributed by atoms with E-state index in [1.54, 1.807) is 0 Å². The van der Waals surface area contributed by atoms with Crippen molar-refractivity contribution in [2.45, 2.75) is 38.1 Å². The Morgan fingerprint density at radius 2 is 2.38 bits per heavy atom. The van der Waals surface area contributed by atoms with Gasteiger partial charge in [0.1, 0.15) is 0 Å². The highest BCUT2D eigenvalue weighted by atomic mass is 16.5. The van der Waals surface area contributed by atoms with Gasteiger partial charge >= 0.3 is 0 Å². The number of nitrogens with one attached hydrogen (secondary N) is 1. The van der Waals surface area contributed by atoms with E-state index in [1.807, 2.05) is 0 Å². The fourth-order valence-corrected chi connectivity index (χ4v) is 2.82. The minimum atomic E-state index is -0.154. The molecule has 4 heteroatoms. The molecule has 1 heterocycles. The lowest BCUT2D eigenvalue weighted by Crippen LogP contribution is -2.49. The Kier molecular flexibility index (Phi) is 3.50. The van der Waals surface area contributed by atoms with Gasteiger partial charge in [0.05, 0.1) is 12.1 Å². The predicted molar refractivity (Wildman–Crippen MR) is 61.9 cm³/mol. The zero-order valence-corrected chi connectivity index (χ0v) is 10.00. The van der Waals surface area contributed by atoms with E-state index in [1.165, 1.54) is 0 Å². The average molecular weight is 226 g/mol. The molecule has 1 aliphatic heterocycles. The normalized spacial score (nSPS) is 38.9. The van der Waals surface area contributed by atoms with Crippen molar-refractivity contribution in [3.05, 3.63) is 0 Å². The molecule has 0 bridgehead atoms. The second kappa shape index (κ2) is 4.72. The molecule has 1 amide bonds. The topological polar surface area (TPSA) is 64.4 Å². The first-order valence-electron chi connectivity index (χ1n) is 6.24. The van der Waals surface area contributed by atoms with Gasteiger partial charge in [0.25, 0.3) is 0 Å². The number of ether oxygens (including phenoxy) is 1. The van der Waals surface area contributed by atoms with Crippen molar-refractivity contribution in [3.63, 3.8) is 0 Å². The van der Waals surface area contributed by atoms with Crippen LogP contribution in [0.25, 0.3) is 0 Å². The summed E-state index contributed by atoms with van der Waals surface area (Å²) in [6, 6.07) is 0. The number of hydrogen-bond acceptors (Lipinski definition) is 3. The van der Waals surface area contributed by atoms with Crippen LogP contribution in [-0.4, -0.2) is 31.2 Å². The quantitative estimate of drug-likeness (QED) is 0.743. The minimum absolute atomic E-state index is 0.127. The summed E-state index contributed by atoms with van der Waals surface area (Å²) >= 11 is 0. The Balaban J connectivity index is 1.92. The predicted octanol–water partition coefficient (Wildman–Crippen LogP) is 0.657. The van der Waals surface area contributed by atoms with Gasteiger partial charge in [-0.1, -0.05) is 6.42 Å². The van der Waals surface area contributed by atoms with Gasteiger partial charge in [-0.2, -0.15) is 0 Å². The molecule has 3 N–H and O–H groups in total. The molecule has 1 unspecified atom stereocenters. The van der Waals surface area contributed by atoms with Crippen LogP contribution in [0.2, 0.25) is 0 Å². The van der Waals surface area contributed by atoms with E-state index in [0.717, 1.165) is 32.3 Å². The molecule has 0 aromatic heterocycles. The minimum Gasteiger partial charge on any atom is -0.379 e. The van der Waals surface area contributed by atoms with Gasteiger partial charge in [-0.15, -0.1) is 0 Å². The maximum Gasteiger partial charge on any atom is 0.223 e. The van der Waals surface area contributed by atoms with Gasteiger partial charge in [0, 0.05) is 12.5 Å². The van der Waals surface area contributed by atoms with Gasteiger partial charge in [-0.05, 0) is 38.6 Å². The third-order valence-corrected chi connectivity index (χ3v) is 3.94. The summed E-state index contributed by atoms with van der Waals surface area (Å²) in [5, 5.41) is 3.14. The molecule has 0 spiro atoms. The monoisotopic (exact) mass is 226 g/mol. The SMILES string of the molecule is CC1(NC(=O)[C@@H]2CCC[C@@H]2CN)CCOC1. The summed E-state index contributed by atoms with van der Waals surface area (Å²) in [4.78, 5) is 12.2. The fourth-order valence-electron chi connectivity index (χ4n) is 2.82. The van der Waals surface area contributed by atoms with Gasteiger partial charge in [-0.3, -0.25) is 4.79 Å². The highest BCUT2D eigenvalue weighted by molar-refractivity contribution is 5.80. The Morgan fingerprint density at radius 3 is 3.00 bits per heavy atom. The summed E-state index contributed by atoms with van der Waals surface area (Å²) in [5.41, 5.74) is 5.54. The molecule has 2 rings (SSSR count). The van der Waals surface area contributed by atoms with Crippen LogP contribution >= 0.6 is 0 Å². The first-order valence-corrected chi connectivity index (χ1v) is 6.24. The average Bonchev–Trinajstić information content (AvgIpc) is 2.85. The Hall–Kier alpha value is -0.610. The van der Waals surface area contributed by atoms with E-state index in [4.69, 9.17) is 10.5 Å². The van der Waals surface area contributed by atoms with E-state index >= 15 is 0 Å². The molecular weight excluding hydrogens is 204 g/mol. The van der Waals surface area contributed by atoms with E-state index in [2.05, 4.69) is 12.2 Å². The Labute approximate surface area is 96.9 Å². The van der Waals surface area contributed by atoms with Crippen molar-refractivity contribution >= 4 is 5.91 Å². The van der Waals surface area contributed by atoms with Gasteiger partial charge in [0.15, 0.2) is 0 Å². The van der Waals surface area contributed by atoms with Crippen LogP contribution in [-0.2, 0) is 9.53 Å². The number of rotatable bonds is 3. The molecule has 3 atom stereocenters. The summed E-state index contributed by atoms with van der Waals surface area (Å²) in [7, 11) is 0. The summed E-state index contributed by atoms with van der Waals surface area (Å²) in [6.07, 6.45) is 4.14. The number of nitrogens with two attached hydrogens (primary N) is 1. The first-order chi connectivity index (χ1) is 7.64. The molecule has 1 aliphatic carbocycles. The highest BCUT2D eigenvalue weighted by Gasteiger charge is 2.37. The number of carbonyl (C=O) groups excluding carboxylic acids is 1. The molecule has 4 nitrogen and oxygen atoms in total. The molecular formula is C12H22N2O2. The molecule has 2 aliphatic rings. The first kappa shape index (κ1) is 11.9. The second-order valence-corrected chi connectivity index (χ2v) is 5.39. The lowest BCUT2D eigenvalue weighted by atomic mass is 9.93. The van der Waals surface area contributed by atoms with Crippen LogP contribution in [0.4, 0.5) is 0 Å². The van der Waals surface area contributed by atoms with Crippen LogP contribution in [0.1, 0.15) is 32.6 Å². The van der Waals surface area contributed by atoms with Crippen molar-refractivity contribution in [3.8, 4) is 0 Å². The van der Waals surface area contributed by atoms with Gasteiger partial charge in [0.2, 0.25) is 5.91 Å². The number of carbonyl (C=O) groups is 1. The molecule has 1 saturated heterocycles. The van der Waals surface area contributed by atoms with E-state index in [-0.39, 0.29) is 17.4 Å². The van der Waals surface area contributed by atoms with Gasteiger partial charge in [-0.25, -0.2) is 0 Å². The van der Waals surface area contributed by atoms with E-state index < -0.39 is 0 Å². The van der Waals surface area contributed by atoms with Crippen LogP contribution in [0.15, 0.2) is 0 Å². The van der Waals surface area contributed by atoms with Crippen LogP contribution in [0, 0.1) is 11.8 Å². The summed E-state index contributed by atoms with van der Waals surface area (Å²) < 4.78 is 5.34. The largest absolute Gasteiger partial charge is 0.379 e. The van der Waals surface area contributed by atoms with Crippen molar-refractivity contribution in [2.24, 2.45) is 17.6 Å².